The molecule has 0 bridgehead atoms. The van der Waals surface area contributed by atoms with Gasteiger partial charge in [-0.15, -0.1) is 0 Å². The van der Waals surface area contributed by atoms with Gasteiger partial charge in [-0.2, -0.15) is 0 Å². The first-order valence-electron chi connectivity index (χ1n) is 6.45. The smallest absolute Gasteiger partial charge is 0.274 e. The lowest BCUT2D eigenvalue weighted by Gasteiger charge is -2.08. The predicted molar refractivity (Wildman–Crippen MR) is 80.5 cm³/mol. The van der Waals surface area contributed by atoms with E-state index in [-0.39, 0.29) is 5.91 Å². The minimum absolute atomic E-state index is 0.264. The summed E-state index contributed by atoms with van der Waals surface area (Å²) >= 11 is 0. The number of nitrogens with two attached hydrogens (primary N) is 1. The zero-order valence-corrected chi connectivity index (χ0v) is 11.6. The number of nitrogen functional groups attached to an aromatic ring is 1. The Balaban J connectivity index is 2.10. The number of carbonyl (C=O) groups excluding carboxylic acids is 1. The fraction of sp³-hybridized carbons (Fsp3) is 0.200. The average Bonchev–Trinajstić information content (AvgIpc) is 2.47. The third-order valence-corrected chi connectivity index (χ3v) is 2.96. The molecule has 20 heavy (non-hydrogen) atoms. The van der Waals surface area contributed by atoms with E-state index in [1.807, 2.05) is 24.3 Å². The number of anilines is 2. The molecule has 5 nitrogen and oxygen atoms in total. The Kier molecular flexibility index (Phi) is 4.32. The lowest BCUT2D eigenvalue weighted by Crippen LogP contribution is -2.16. The van der Waals surface area contributed by atoms with Crippen molar-refractivity contribution in [1.82, 2.24) is 4.98 Å². The lowest BCUT2D eigenvalue weighted by molar-refractivity contribution is 0.102. The summed E-state index contributed by atoms with van der Waals surface area (Å²) in [6.45, 7) is 4.26. The predicted octanol–water partition coefficient (Wildman–Crippen LogP) is 2.74. The summed E-state index contributed by atoms with van der Waals surface area (Å²) in [6, 6.07) is 12.8. The maximum atomic E-state index is 12.1. The molecule has 1 aromatic carbocycles. The summed E-state index contributed by atoms with van der Waals surface area (Å²) in [6.07, 6.45) is 0. The number of nitrogens with zero attached hydrogens (tertiary/aromatic N) is 1. The third-order valence-electron chi connectivity index (χ3n) is 2.96. The Bertz CT molecular complexity index is 593. The summed E-state index contributed by atoms with van der Waals surface area (Å²) in [4.78, 5) is 16.1. The molecule has 0 aliphatic heterocycles. The number of aromatic nitrogens is 1. The molecule has 1 aromatic heterocycles. The Morgan fingerprint density at radius 1 is 1.15 bits per heavy atom. The molecular formula is C15H18N4O. The molecule has 104 valence electrons. The van der Waals surface area contributed by atoms with Gasteiger partial charge in [-0.3, -0.25) is 4.79 Å². The van der Waals surface area contributed by atoms with Crippen molar-refractivity contribution >= 4 is 17.4 Å². The number of hydrazine groups is 1. The summed E-state index contributed by atoms with van der Waals surface area (Å²) < 4.78 is 0. The van der Waals surface area contributed by atoms with Crippen LogP contribution in [0.1, 0.15) is 35.8 Å². The van der Waals surface area contributed by atoms with Crippen molar-refractivity contribution < 1.29 is 4.79 Å². The highest BCUT2D eigenvalue weighted by atomic mass is 16.1. The van der Waals surface area contributed by atoms with Crippen LogP contribution in [-0.4, -0.2) is 10.9 Å². The molecule has 2 aromatic rings. The van der Waals surface area contributed by atoms with Crippen molar-refractivity contribution in [2.75, 3.05) is 10.7 Å². The van der Waals surface area contributed by atoms with E-state index < -0.39 is 0 Å². The number of carbonyl (C=O) groups is 1. The fourth-order valence-electron chi connectivity index (χ4n) is 1.79. The first-order chi connectivity index (χ1) is 9.60. The van der Waals surface area contributed by atoms with E-state index >= 15 is 0 Å². The standard InChI is InChI=1S/C15H18N4O/c1-10(2)11-6-8-12(9-7-11)17-15(20)13-4-3-5-14(18-13)19-16/h3-10H,16H2,1-2H3,(H,17,20)(H,18,19). The van der Waals surface area contributed by atoms with Crippen LogP contribution < -0.4 is 16.6 Å². The van der Waals surface area contributed by atoms with Gasteiger partial charge < -0.3 is 10.7 Å². The van der Waals surface area contributed by atoms with Crippen molar-refractivity contribution in [3.8, 4) is 0 Å². The van der Waals surface area contributed by atoms with Crippen LogP contribution in [0.15, 0.2) is 42.5 Å². The van der Waals surface area contributed by atoms with Crippen molar-refractivity contribution in [3.63, 3.8) is 0 Å². The van der Waals surface area contributed by atoms with E-state index in [0.717, 1.165) is 5.69 Å². The van der Waals surface area contributed by atoms with Crippen molar-refractivity contribution in [2.45, 2.75) is 19.8 Å². The second-order valence-corrected chi connectivity index (χ2v) is 4.78. The van der Waals surface area contributed by atoms with Gasteiger partial charge in [0.1, 0.15) is 11.5 Å². The quantitative estimate of drug-likeness (QED) is 0.589. The molecule has 0 saturated carbocycles. The summed E-state index contributed by atoms with van der Waals surface area (Å²) in [7, 11) is 0. The fourth-order valence-corrected chi connectivity index (χ4v) is 1.79. The number of benzene rings is 1. The van der Waals surface area contributed by atoms with E-state index in [1.54, 1.807) is 18.2 Å². The normalized spacial score (nSPS) is 10.4. The van der Waals surface area contributed by atoms with Gasteiger partial charge in [0.15, 0.2) is 0 Å². The topological polar surface area (TPSA) is 80.0 Å². The van der Waals surface area contributed by atoms with Crippen LogP contribution in [-0.2, 0) is 0 Å². The van der Waals surface area contributed by atoms with Gasteiger partial charge in [-0.05, 0) is 35.7 Å². The van der Waals surface area contributed by atoms with E-state index in [2.05, 4.69) is 29.6 Å². The van der Waals surface area contributed by atoms with Crippen LogP contribution in [0.5, 0.6) is 0 Å². The van der Waals surface area contributed by atoms with Gasteiger partial charge in [0, 0.05) is 5.69 Å². The maximum Gasteiger partial charge on any atom is 0.274 e. The minimum atomic E-state index is -0.264. The van der Waals surface area contributed by atoms with Crippen LogP contribution >= 0.6 is 0 Å². The molecule has 0 saturated heterocycles. The van der Waals surface area contributed by atoms with Gasteiger partial charge in [-0.1, -0.05) is 32.0 Å². The van der Waals surface area contributed by atoms with Gasteiger partial charge >= 0.3 is 0 Å². The monoisotopic (exact) mass is 270 g/mol. The number of amides is 1. The largest absolute Gasteiger partial charge is 0.321 e. The summed E-state index contributed by atoms with van der Waals surface area (Å²) in [5.74, 6) is 5.93. The number of hydrogen-bond donors (Lipinski definition) is 3. The van der Waals surface area contributed by atoms with Crippen LogP contribution in [0.3, 0.4) is 0 Å². The first-order valence-corrected chi connectivity index (χ1v) is 6.45. The van der Waals surface area contributed by atoms with E-state index in [4.69, 9.17) is 5.84 Å². The average molecular weight is 270 g/mol. The van der Waals surface area contributed by atoms with E-state index in [9.17, 15) is 4.79 Å². The Labute approximate surface area is 118 Å². The minimum Gasteiger partial charge on any atom is -0.321 e. The third kappa shape index (κ3) is 3.33. The number of pyridine rings is 1. The highest BCUT2D eigenvalue weighted by Gasteiger charge is 2.08. The van der Waals surface area contributed by atoms with E-state index in [1.165, 1.54) is 5.56 Å². The molecule has 2 rings (SSSR count). The highest BCUT2D eigenvalue weighted by Crippen LogP contribution is 2.17. The molecule has 1 amide bonds. The molecule has 5 heteroatoms. The molecule has 0 atom stereocenters. The lowest BCUT2D eigenvalue weighted by atomic mass is 10.0. The molecule has 0 radical (unpaired) electrons. The SMILES string of the molecule is CC(C)c1ccc(NC(=O)c2cccc(NN)n2)cc1. The Hall–Kier alpha value is -2.40. The molecule has 4 N–H and O–H groups in total. The van der Waals surface area contributed by atoms with Gasteiger partial charge in [-0.25, -0.2) is 10.8 Å². The first kappa shape index (κ1) is 14.0. The van der Waals surface area contributed by atoms with Crippen molar-refractivity contribution in [3.05, 3.63) is 53.7 Å². The molecule has 0 fully saturated rings. The summed E-state index contributed by atoms with van der Waals surface area (Å²) in [5, 5.41) is 2.81. The van der Waals surface area contributed by atoms with Crippen molar-refractivity contribution in [2.24, 2.45) is 5.84 Å². The van der Waals surface area contributed by atoms with Crippen LogP contribution in [0.4, 0.5) is 11.5 Å². The summed E-state index contributed by atoms with van der Waals surface area (Å²) in [5.41, 5.74) is 4.70. The second kappa shape index (κ2) is 6.16. The molecule has 0 aliphatic carbocycles. The highest BCUT2D eigenvalue weighted by molar-refractivity contribution is 6.03. The molecule has 0 aliphatic rings. The van der Waals surface area contributed by atoms with Gasteiger partial charge in [0.2, 0.25) is 0 Å². The van der Waals surface area contributed by atoms with Gasteiger partial charge in [0.25, 0.3) is 5.91 Å². The van der Waals surface area contributed by atoms with E-state index in [0.29, 0.717) is 17.4 Å². The Morgan fingerprint density at radius 2 is 1.85 bits per heavy atom. The second-order valence-electron chi connectivity index (χ2n) is 4.78. The zero-order chi connectivity index (χ0) is 14.5. The number of hydrogen-bond acceptors (Lipinski definition) is 4. The van der Waals surface area contributed by atoms with Crippen LogP contribution in [0.25, 0.3) is 0 Å². The molecule has 0 unspecified atom stereocenters. The Morgan fingerprint density at radius 3 is 2.45 bits per heavy atom. The van der Waals surface area contributed by atoms with Gasteiger partial charge in [0.05, 0.1) is 0 Å². The van der Waals surface area contributed by atoms with Crippen molar-refractivity contribution in [1.29, 1.82) is 0 Å². The zero-order valence-electron chi connectivity index (χ0n) is 11.6. The number of nitrogens with one attached hydrogen (secondary N) is 2. The molecular weight excluding hydrogens is 252 g/mol. The number of rotatable bonds is 4. The van der Waals surface area contributed by atoms with Crippen LogP contribution in [0, 0.1) is 0 Å². The molecule has 0 spiro atoms. The maximum absolute atomic E-state index is 12.1. The van der Waals surface area contributed by atoms with Crippen LogP contribution in [0.2, 0.25) is 0 Å². The molecule has 1 heterocycles.